The molecule has 0 aromatic heterocycles. The molecule has 1 saturated heterocycles. The molecule has 3 atom stereocenters. The number of hydrogen-bond donors (Lipinski definition) is 1. The van der Waals surface area contributed by atoms with E-state index in [9.17, 15) is 4.21 Å². The topological polar surface area (TPSA) is 29.1 Å². The minimum absolute atomic E-state index is 0.341. The molecule has 0 amide bonds. The summed E-state index contributed by atoms with van der Waals surface area (Å²) in [5.41, 5.74) is 1.33. The van der Waals surface area contributed by atoms with E-state index in [1.165, 1.54) is 5.56 Å². The maximum atomic E-state index is 11.9. The van der Waals surface area contributed by atoms with Gasteiger partial charge in [-0.3, -0.25) is 4.21 Å². The van der Waals surface area contributed by atoms with Crippen LogP contribution in [0.4, 0.5) is 0 Å². The molecule has 0 bridgehead atoms. The van der Waals surface area contributed by atoms with Crippen LogP contribution in [0.5, 0.6) is 0 Å². The van der Waals surface area contributed by atoms with E-state index in [-0.39, 0.29) is 0 Å². The number of rotatable bonds is 2. The lowest BCUT2D eigenvalue weighted by Crippen LogP contribution is -2.34. The lowest BCUT2D eigenvalue weighted by molar-refractivity contribution is 0.552. The van der Waals surface area contributed by atoms with Crippen LogP contribution in [0.25, 0.3) is 0 Å². The molecular weight excluding hydrogens is 218 g/mol. The Morgan fingerprint density at radius 2 is 2.12 bits per heavy atom. The largest absolute Gasteiger partial charge is 0.313 e. The highest BCUT2D eigenvalue weighted by Crippen LogP contribution is 2.11. The maximum Gasteiger partial charge on any atom is 0.0394 e. The molecule has 0 radical (unpaired) electrons. The second-order valence-electron chi connectivity index (χ2n) is 4.49. The predicted octanol–water partition coefficient (Wildman–Crippen LogP) is 1.73. The average Bonchev–Trinajstić information content (AvgIpc) is 2.43. The second-order valence-corrected chi connectivity index (χ2v) is 6.39. The van der Waals surface area contributed by atoms with Crippen molar-refractivity contribution >= 4 is 10.8 Å². The molecular formula is C13H19NOS. The lowest BCUT2D eigenvalue weighted by Gasteiger charge is -2.15. The van der Waals surface area contributed by atoms with E-state index in [0.717, 1.165) is 25.1 Å². The molecule has 0 aliphatic carbocycles. The zero-order chi connectivity index (χ0) is 11.4. The standard InChI is InChI=1S/C13H19NOS/c1-11-7-8-14-13(10-16(11)15)9-12-5-3-2-4-6-12/h2-6,11,13-14H,7-10H2,1H3. The monoisotopic (exact) mass is 237 g/mol. The number of nitrogens with one attached hydrogen (secondary N) is 1. The second kappa shape index (κ2) is 5.60. The zero-order valence-corrected chi connectivity index (χ0v) is 10.5. The Morgan fingerprint density at radius 3 is 2.88 bits per heavy atom. The minimum Gasteiger partial charge on any atom is -0.313 e. The molecule has 1 fully saturated rings. The van der Waals surface area contributed by atoms with E-state index < -0.39 is 10.8 Å². The van der Waals surface area contributed by atoms with Crippen LogP contribution < -0.4 is 5.32 Å². The molecule has 1 aliphatic heterocycles. The van der Waals surface area contributed by atoms with Crippen LogP contribution in [0.15, 0.2) is 30.3 Å². The average molecular weight is 237 g/mol. The summed E-state index contributed by atoms with van der Waals surface area (Å²) in [6.45, 7) is 3.08. The Balaban J connectivity index is 1.97. The molecule has 3 heteroatoms. The molecule has 2 rings (SSSR count). The highest BCUT2D eigenvalue weighted by molar-refractivity contribution is 7.85. The van der Waals surface area contributed by atoms with Crippen molar-refractivity contribution in [3.63, 3.8) is 0 Å². The summed E-state index contributed by atoms with van der Waals surface area (Å²) in [5.74, 6) is 0.788. The third-order valence-corrected chi connectivity index (χ3v) is 4.99. The van der Waals surface area contributed by atoms with Crippen molar-refractivity contribution in [1.82, 2.24) is 5.32 Å². The Hall–Kier alpha value is -0.670. The smallest absolute Gasteiger partial charge is 0.0394 e. The fourth-order valence-corrected chi connectivity index (χ4v) is 3.41. The van der Waals surface area contributed by atoms with Crippen molar-refractivity contribution in [3.05, 3.63) is 35.9 Å². The van der Waals surface area contributed by atoms with Crippen LogP contribution in [0.3, 0.4) is 0 Å². The van der Waals surface area contributed by atoms with Crippen LogP contribution >= 0.6 is 0 Å². The molecule has 2 nitrogen and oxygen atoms in total. The lowest BCUT2D eigenvalue weighted by atomic mass is 10.1. The van der Waals surface area contributed by atoms with Gasteiger partial charge in [0, 0.05) is 27.8 Å². The van der Waals surface area contributed by atoms with E-state index in [4.69, 9.17) is 0 Å². The molecule has 1 aliphatic rings. The van der Waals surface area contributed by atoms with Gasteiger partial charge >= 0.3 is 0 Å². The summed E-state index contributed by atoms with van der Waals surface area (Å²) in [6.07, 6.45) is 2.01. The van der Waals surface area contributed by atoms with Gasteiger partial charge in [0.2, 0.25) is 0 Å². The van der Waals surface area contributed by atoms with E-state index in [1.807, 2.05) is 6.07 Å². The van der Waals surface area contributed by atoms with Crippen molar-refractivity contribution in [3.8, 4) is 0 Å². The van der Waals surface area contributed by atoms with Gasteiger partial charge < -0.3 is 5.32 Å². The van der Waals surface area contributed by atoms with Crippen molar-refractivity contribution in [2.75, 3.05) is 12.3 Å². The van der Waals surface area contributed by atoms with Crippen LogP contribution in [-0.2, 0) is 17.2 Å². The first-order valence-electron chi connectivity index (χ1n) is 5.90. The van der Waals surface area contributed by atoms with Gasteiger partial charge in [-0.25, -0.2) is 0 Å². The van der Waals surface area contributed by atoms with E-state index in [0.29, 0.717) is 11.3 Å². The van der Waals surface area contributed by atoms with Gasteiger partial charge in [-0.2, -0.15) is 0 Å². The van der Waals surface area contributed by atoms with Gasteiger partial charge in [0.25, 0.3) is 0 Å². The van der Waals surface area contributed by atoms with Crippen molar-refractivity contribution in [2.45, 2.75) is 31.1 Å². The molecule has 1 heterocycles. The van der Waals surface area contributed by atoms with Crippen LogP contribution in [0.1, 0.15) is 18.9 Å². The summed E-state index contributed by atoms with van der Waals surface area (Å²) in [7, 11) is -0.669. The van der Waals surface area contributed by atoms with E-state index >= 15 is 0 Å². The van der Waals surface area contributed by atoms with Crippen molar-refractivity contribution in [2.24, 2.45) is 0 Å². The number of benzene rings is 1. The third-order valence-electron chi connectivity index (χ3n) is 3.12. The summed E-state index contributed by atoms with van der Waals surface area (Å²) < 4.78 is 11.9. The quantitative estimate of drug-likeness (QED) is 0.848. The summed E-state index contributed by atoms with van der Waals surface area (Å²) in [4.78, 5) is 0. The SMILES string of the molecule is CC1CCNC(Cc2ccccc2)CS1=O. The molecule has 1 aromatic rings. The molecule has 16 heavy (non-hydrogen) atoms. The van der Waals surface area contributed by atoms with Crippen LogP contribution in [0, 0.1) is 0 Å². The van der Waals surface area contributed by atoms with Crippen LogP contribution in [0.2, 0.25) is 0 Å². The fourth-order valence-electron chi connectivity index (χ4n) is 2.07. The molecule has 0 spiro atoms. The predicted molar refractivity (Wildman–Crippen MR) is 69.0 cm³/mol. The van der Waals surface area contributed by atoms with Gasteiger partial charge in [0.15, 0.2) is 0 Å². The summed E-state index contributed by atoms with van der Waals surface area (Å²) in [5, 5.41) is 3.84. The maximum absolute atomic E-state index is 11.9. The zero-order valence-electron chi connectivity index (χ0n) is 9.69. The van der Waals surface area contributed by atoms with Gasteiger partial charge in [-0.05, 0) is 24.9 Å². The van der Waals surface area contributed by atoms with Gasteiger partial charge in [0.1, 0.15) is 0 Å². The Kier molecular flexibility index (Phi) is 4.13. The molecule has 1 aromatic carbocycles. The van der Waals surface area contributed by atoms with Gasteiger partial charge in [-0.15, -0.1) is 0 Å². The van der Waals surface area contributed by atoms with E-state index in [2.05, 4.69) is 36.5 Å². The highest BCUT2D eigenvalue weighted by atomic mass is 32.2. The Bertz CT molecular complexity index is 352. The Labute approximate surface area is 99.9 Å². The van der Waals surface area contributed by atoms with Crippen LogP contribution in [-0.4, -0.2) is 27.8 Å². The van der Waals surface area contributed by atoms with Gasteiger partial charge in [0.05, 0.1) is 0 Å². The third kappa shape index (κ3) is 3.16. The summed E-state index contributed by atoms with van der Waals surface area (Å²) in [6, 6.07) is 10.8. The number of hydrogen-bond acceptors (Lipinski definition) is 2. The first-order chi connectivity index (χ1) is 7.75. The van der Waals surface area contributed by atoms with Gasteiger partial charge in [-0.1, -0.05) is 37.3 Å². The summed E-state index contributed by atoms with van der Waals surface area (Å²) >= 11 is 0. The van der Waals surface area contributed by atoms with E-state index in [1.54, 1.807) is 0 Å². The molecule has 3 unspecified atom stereocenters. The Morgan fingerprint density at radius 1 is 1.38 bits per heavy atom. The molecule has 0 saturated carbocycles. The fraction of sp³-hybridized carbons (Fsp3) is 0.538. The van der Waals surface area contributed by atoms with Crippen molar-refractivity contribution < 1.29 is 4.21 Å². The normalized spacial score (nSPS) is 30.9. The highest BCUT2D eigenvalue weighted by Gasteiger charge is 2.21. The molecule has 88 valence electrons. The first kappa shape index (κ1) is 11.8. The molecule has 1 N–H and O–H groups in total. The van der Waals surface area contributed by atoms with Crippen molar-refractivity contribution in [1.29, 1.82) is 0 Å². The minimum atomic E-state index is -0.669. The first-order valence-corrected chi connectivity index (χ1v) is 7.28.